The van der Waals surface area contributed by atoms with Gasteiger partial charge in [-0.1, -0.05) is 6.42 Å². The van der Waals surface area contributed by atoms with Gasteiger partial charge in [-0.15, -0.1) is 0 Å². The second-order valence-corrected chi connectivity index (χ2v) is 9.34. The first kappa shape index (κ1) is 13.4. The second-order valence-electron chi connectivity index (χ2n) is 9.34. The summed E-state index contributed by atoms with van der Waals surface area (Å²) in [7, 11) is 0. The van der Waals surface area contributed by atoms with Crippen LogP contribution in [0.5, 0.6) is 0 Å². The van der Waals surface area contributed by atoms with Crippen molar-refractivity contribution in [3.8, 4) is 0 Å². The van der Waals surface area contributed by atoms with Crippen LogP contribution in [0.3, 0.4) is 0 Å². The molecule has 4 aliphatic carbocycles. The summed E-state index contributed by atoms with van der Waals surface area (Å²) in [6.07, 6.45) is 12.2. The highest BCUT2D eigenvalue weighted by Crippen LogP contribution is 2.50. The molecule has 0 aromatic carbocycles. The van der Waals surface area contributed by atoms with Crippen molar-refractivity contribution in [2.24, 2.45) is 29.6 Å². The third kappa shape index (κ3) is 2.37. The third-order valence-corrected chi connectivity index (χ3v) is 7.71. The highest BCUT2D eigenvalue weighted by molar-refractivity contribution is 5.07. The topological polar surface area (TPSA) is 15.3 Å². The van der Waals surface area contributed by atoms with Crippen molar-refractivity contribution >= 4 is 0 Å². The molecule has 1 heterocycles. The Kier molecular flexibility index (Phi) is 3.00. The molecule has 4 saturated carbocycles. The van der Waals surface area contributed by atoms with Gasteiger partial charge in [0.15, 0.2) is 0 Å². The Bertz CT molecular complexity index is 414. The average Bonchev–Trinajstić information content (AvgIpc) is 3.38. The van der Waals surface area contributed by atoms with Crippen molar-refractivity contribution in [1.82, 2.24) is 10.2 Å². The molecule has 0 aromatic rings. The molecule has 2 bridgehead atoms. The largest absolute Gasteiger partial charge is 0.308 e. The molecule has 1 saturated heterocycles. The molecule has 0 radical (unpaired) electrons. The van der Waals surface area contributed by atoms with E-state index in [-0.39, 0.29) is 0 Å². The Morgan fingerprint density at radius 2 is 1.81 bits per heavy atom. The lowest BCUT2D eigenvalue weighted by atomic mass is 9.85. The summed E-state index contributed by atoms with van der Waals surface area (Å²) >= 11 is 0. The van der Waals surface area contributed by atoms with Crippen molar-refractivity contribution in [1.29, 1.82) is 0 Å². The van der Waals surface area contributed by atoms with E-state index in [1.165, 1.54) is 45.3 Å². The monoisotopic (exact) mass is 288 g/mol. The van der Waals surface area contributed by atoms with Crippen LogP contribution < -0.4 is 5.32 Å². The Labute approximate surface area is 130 Å². The predicted molar refractivity (Wildman–Crippen MR) is 86.2 cm³/mol. The van der Waals surface area contributed by atoms with Gasteiger partial charge in [0.2, 0.25) is 0 Å². The molecule has 5 rings (SSSR count). The van der Waals surface area contributed by atoms with Gasteiger partial charge in [0.25, 0.3) is 0 Å². The summed E-state index contributed by atoms with van der Waals surface area (Å²) in [4.78, 5) is 2.97. The van der Waals surface area contributed by atoms with Crippen molar-refractivity contribution in [2.45, 2.75) is 69.9 Å². The fraction of sp³-hybridized carbons (Fsp3) is 1.00. The van der Waals surface area contributed by atoms with Gasteiger partial charge in [-0.05, 0) is 81.5 Å². The molecule has 5 atom stereocenters. The number of piperazine rings is 1. The predicted octanol–water partition coefficient (Wildman–Crippen LogP) is 3.28. The molecule has 2 nitrogen and oxygen atoms in total. The third-order valence-electron chi connectivity index (χ3n) is 7.71. The zero-order valence-corrected chi connectivity index (χ0v) is 13.7. The van der Waals surface area contributed by atoms with Crippen LogP contribution in [0.4, 0.5) is 0 Å². The molecular formula is C19H32N2. The zero-order valence-electron chi connectivity index (χ0n) is 13.7. The smallest absolute Gasteiger partial charge is 0.0309 e. The lowest BCUT2D eigenvalue weighted by Crippen LogP contribution is -2.65. The molecule has 1 N–H and O–H groups in total. The summed E-state index contributed by atoms with van der Waals surface area (Å²) in [5.41, 5.74) is 0.434. The van der Waals surface area contributed by atoms with Crippen LogP contribution in [0.2, 0.25) is 0 Å². The maximum absolute atomic E-state index is 3.98. The Hall–Kier alpha value is -0.0800. The number of nitrogens with zero attached hydrogens (tertiary/aromatic N) is 1. The van der Waals surface area contributed by atoms with Crippen molar-refractivity contribution in [3.63, 3.8) is 0 Å². The standard InChI is InChI=1S/C19H32N2/c1-19(17-6-7-17)12-21(18(10-20-19)14-4-5-14)11-16-9-13-2-3-15(16)8-13/h13-18,20H,2-12H2,1H3. The van der Waals surface area contributed by atoms with Gasteiger partial charge in [0, 0.05) is 31.2 Å². The van der Waals surface area contributed by atoms with Crippen molar-refractivity contribution in [2.75, 3.05) is 19.6 Å². The van der Waals surface area contributed by atoms with Crippen LogP contribution in [0.25, 0.3) is 0 Å². The van der Waals surface area contributed by atoms with Crippen LogP contribution in [0.15, 0.2) is 0 Å². The maximum Gasteiger partial charge on any atom is 0.0309 e. The number of hydrogen-bond donors (Lipinski definition) is 1. The number of rotatable bonds is 4. The summed E-state index contributed by atoms with van der Waals surface area (Å²) in [6, 6.07) is 0.871. The first-order valence-electron chi connectivity index (χ1n) is 9.70. The number of fused-ring (bicyclic) bond motifs is 2. The lowest BCUT2D eigenvalue weighted by Gasteiger charge is -2.48. The second kappa shape index (κ2) is 4.71. The van der Waals surface area contributed by atoms with Gasteiger partial charge in [-0.2, -0.15) is 0 Å². The molecule has 2 heteroatoms. The maximum atomic E-state index is 3.98. The highest BCUT2D eigenvalue weighted by atomic mass is 15.3. The summed E-state index contributed by atoms with van der Waals surface area (Å²) in [6.45, 7) is 6.57. The first-order valence-corrected chi connectivity index (χ1v) is 9.70. The van der Waals surface area contributed by atoms with E-state index >= 15 is 0 Å². The highest BCUT2D eigenvalue weighted by Gasteiger charge is 2.50. The van der Waals surface area contributed by atoms with E-state index < -0.39 is 0 Å². The molecule has 1 aliphatic heterocycles. The first-order chi connectivity index (χ1) is 10.2. The van der Waals surface area contributed by atoms with Gasteiger partial charge in [0.05, 0.1) is 0 Å². The molecule has 0 amide bonds. The number of hydrogen-bond acceptors (Lipinski definition) is 2. The molecule has 5 unspecified atom stereocenters. The van der Waals surface area contributed by atoms with E-state index in [4.69, 9.17) is 0 Å². The van der Waals surface area contributed by atoms with Crippen molar-refractivity contribution in [3.05, 3.63) is 0 Å². The molecular weight excluding hydrogens is 256 g/mol. The lowest BCUT2D eigenvalue weighted by molar-refractivity contribution is 0.0428. The molecule has 0 aromatic heterocycles. The summed E-state index contributed by atoms with van der Waals surface area (Å²) in [5.74, 6) is 5.25. The van der Waals surface area contributed by atoms with E-state index in [0.717, 1.165) is 35.6 Å². The Morgan fingerprint density at radius 1 is 1.00 bits per heavy atom. The van der Waals surface area contributed by atoms with Gasteiger partial charge in [-0.25, -0.2) is 0 Å². The molecule has 5 fully saturated rings. The molecule has 21 heavy (non-hydrogen) atoms. The van der Waals surface area contributed by atoms with Gasteiger partial charge in [0.1, 0.15) is 0 Å². The van der Waals surface area contributed by atoms with Crippen LogP contribution in [-0.4, -0.2) is 36.1 Å². The van der Waals surface area contributed by atoms with E-state index in [1.54, 1.807) is 25.7 Å². The summed E-state index contributed by atoms with van der Waals surface area (Å²) < 4.78 is 0. The van der Waals surface area contributed by atoms with Gasteiger partial charge < -0.3 is 5.32 Å². The van der Waals surface area contributed by atoms with Crippen LogP contribution in [0.1, 0.15) is 58.3 Å². The van der Waals surface area contributed by atoms with Crippen LogP contribution in [0, 0.1) is 29.6 Å². The van der Waals surface area contributed by atoms with Crippen LogP contribution >= 0.6 is 0 Å². The van der Waals surface area contributed by atoms with E-state index in [1.807, 2.05) is 0 Å². The summed E-state index contributed by atoms with van der Waals surface area (Å²) in [5, 5.41) is 3.98. The van der Waals surface area contributed by atoms with Crippen LogP contribution in [-0.2, 0) is 0 Å². The fourth-order valence-corrected chi connectivity index (χ4v) is 6.10. The van der Waals surface area contributed by atoms with E-state index in [2.05, 4.69) is 17.1 Å². The normalized spacial score (nSPS) is 50.7. The Morgan fingerprint density at radius 3 is 2.43 bits per heavy atom. The SMILES string of the molecule is CC1(C2CC2)CN(CC2CC3CCC2C3)C(C2CC2)CN1. The molecule has 5 aliphatic rings. The minimum absolute atomic E-state index is 0.434. The van der Waals surface area contributed by atoms with Gasteiger partial charge >= 0.3 is 0 Å². The molecule has 0 spiro atoms. The van der Waals surface area contributed by atoms with E-state index in [0.29, 0.717) is 5.54 Å². The quantitative estimate of drug-likeness (QED) is 0.854. The Balaban J connectivity index is 1.30. The van der Waals surface area contributed by atoms with Crippen molar-refractivity contribution < 1.29 is 0 Å². The molecule has 118 valence electrons. The number of nitrogens with one attached hydrogen (secondary N) is 1. The minimum atomic E-state index is 0.434. The van der Waals surface area contributed by atoms with Gasteiger partial charge in [-0.3, -0.25) is 4.90 Å². The average molecular weight is 288 g/mol. The van der Waals surface area contributed by atoms with E-state index in [9.17, 15) is 0 Å². The minimum Gasteiger partial charge on any atom is -0.308 e. The zero-order chi connectivity index (χ0) is 14.0. The fourth-order valence-electron chi connectivity index (χ4n) is 6.10.